The van der Waals surface area contributed by atoms with Crippen molar-refractivity contribution in [2.75, 3.05) is 0 Å². The fourth-order valence-corrected chi connectivity index (χ4v) is 2.84. The van der Waals surface area contributed by atoms with Gasteiger partial charge in [-0.1, -0.05) is 29.3 Å². The largest absolute Gasteiger partial charge is 0.345 e. The fraction of sp³-hybridized carbons (Fsp3) is 0.133. The lowest BCUT2D eigenvalue weighted by atomic mass is 10.1. The van der Waals surface area contributed by atoms with Gasteiger partial charge >= 0.3 is 0 Å². The second-order valence-electron chi connectivity index (χ2n) is 4.49. The molecular weight excluding hydrogens is 427 g/mol. The highest BCUT2D eigenvalue weighted by Crippen LogP contribution is 2.26. The van der Waals surface area contributed by atoms with Crippen LogP contribution in [0.1, 0.15) is 28.9 Å². The van der Waals surface area contributed by atoms with Gasteiger partial charge in [0.1, 0.15) is 5.82 Å². The van der Waals surface area contributed by atoms with Crippen molar-refractivity contribution in [1.82, 2.24) is 5.32 Å². The van der Waals surface area contributed by atoms with Gasteiger partial charge in [0, 0.05) is 3.57 Å². The van der Waals surface area contributed by atoms with E-state index >= 15 is 0 Å². The molecule has 2 aromatic rings. The summed E-state index contributed by atoms with van der Waals surface area (Å²) >= 11 is 13.8. The van der Waals surface area contributed by atoms with Crippen molar-refractivity contribution in [3.05, 3.63) is 67.0 Å². The number of halogens is 4. The first-order chi connectivity index (χ1) is 9.88. The molecule has 1 amide bonds. The summed E-state index contributed by atoms with van der Waals surface area (Å²) in [6.07, 6.45) is 0. The molecule has 1 unspecified atom stereocenters. The zero-order valence-corrected chi connectivity index (χ0v) is 14.6. The minimum absolute atomic E-state index is 0.242. The van der Waals surface area contributed by atoms with E-state index in [-0.39, 0.29) is 17.8 Å². The van der Waals surface area contributed by atoms with Crippen molar-refractivity contribution in [2.45, 2.75) is 13.0 Å². The van der Waals surface area contributed by atoms with Crippen LogP contribution in [-0.2, 0) is 0 Å². The fourth-order valence-electron chi connectivity index (χ4n) is 1.81. The molecule has 0 aromatic heterocycles. The van der Waals surface area contributed by atoms with E-state index in [0.717, 1.165) is 5.56 Å². The zero-order valence-electron chi connectivity index (χ0n) is 11.0. The van der Waals surface area contributed by atoms with E-state index in [1.54, 1.807) is 18.2 Å². The van der Waals surface area contributed by atoms with Crippen LogP contribution in [-0.4, -0.2) is 5.91 Å². The molecule has 6 heteroatoms. The predicted molar refractivity (Wildman–Crippen MR) is 91.5 cm³/mol. The average Bonchev–Trinajstić information content (AvgIpc) is 2.41. The third-order valence-corrected chi connectivity index (χ3v) is 4.60. The van der Waals surface area contributed by atoms with Gasteiger partial charge in [-0.3, -0.25) is 4.79 Å². The standard InChI is InChI=1S/C15H11Cl2FINO/c1-8(9-2-5-12(16)13(17)6-9)20-15(21)11-4-3-10(18)7-14(11)19/h2-8H,1H3,(H,20,21). The van der Waals surface area contributed by atoms with Gasteiger partial charge in [-0.2, -0.15) is 0 Å². The van der Waals surface area contributed by atoms with Crippen LogP contribution in [0.4, 0.5) is 4.39 Å². The van der Waals surface area contributed by atoms with E-state index in [4.69, 9.17) is 23.2 Å². The van der Waals surface area contributed by atoms with Crippen LogP contribution in [0.5, 0.6) is 0 Å². The van der Waals surface area contributed by atoms with Crippen molar-refractivity contribution in [1.29, 1.82) is 0 Å². The molecule has 0 aliphatic rings. The van der Waals surface area contributed by atoms with E-state index in [1.165, 1.54) is 18.2 Å². The van der Waals surface area contributed by atoms with Gasteiger partial charge in [0.15, 0.2) is 0 Å². The number of carbonyl (C=O) groups excluding carboxylic acids is 1. The molecule has 0 radical (unpaired) electrons. The topological polar surface area (TPSA) is 29.1 Å². The smallest absolute Gasteiger partial charge is 0.252 e. The first-order valence-electron chi connectivity index (χ1n) is 6.09. The van der Waals surface area contributed by atoms with Crippen LogP contribution < -0.4 is 5.32 Å². The summed E-state index contributed by atoms with van der Waals surface area (Å²) in [4.78, 5) is 12.2. The van der Waals surface area contributed by atoms with E-state index in [9.17, 15) is 9.18 Å². The monoisotopic (exact) mass is 437 g/mol. The Kier molecular flexibility index (Phi) is 5.46. The van der Waals surface area contributed by atoms with Crippen LogP contribution in [0.3, 0.4) is 0 Å². The molecule has 0 spiro atoms. The Balaban J connectivity index is 2.16. The molecular formula is C15H11Cl2FINO. The summed E-state index contributed by atoms with van der Waals surface area (Å²) in [5.41, 5.74) is 1.28. The summed E-state index contributed by atoms with van der Waals surface area (Å²) in [6, 6.07) is 9.00. The van der Waals surface area contributed by atoms with Gasteiger partial charge in [0.05, 0.1) is 21.7 Å². The van der Waals surface area contributed by atoms with Crippen LogP contribution in [0, 0.1) is 9.39 Å². The molecule has 1 atom stereocenters. The Bertz CT molecular complexity index is 693. The quantitative estimate of drug-likeness (QED) is 0.654. The number of hydrogen-bond donors (Lipinski definition) is 1. The molecule has 2 aromatic carbocycles. The second-order valence-corrected chi connectivity index (χ2v) is 6.47. The summed E-state index contributed by atoms with van der Waals surface area (Å²) in [5.74, 6) is -0.633. The van der Waals surface area contributed by atoms with Gasteiger partial charge < -0.3 is 5.32 Å². The van der Waals surface area contributed by atoms with Gasteiger partial charge in [-0.25, -0.2) is 4.39 Å². The predicted octanol–water partition coefficient (Wildman–Crippen LogP) is 5.23. The maximum absolute atomic E-state index is 13.1. The van der Waals surface area contributed by atoms with Crippen molar-refractivity contribution in [3.8, 4) is 0 Å². The highest BCUT2D eigenvalue weighted by atomic mass is 127. The molecule has 110 valence electrons. The molecule has 21 heavy (non-hydrogen) atoms. The third kappa shape index (κ3) is 4.08. The molecule has 0 bridgehead atoms. The second kappa shape index (κ2) is 6.94. The first kappa shape index (κ1) is 16.5. The summed E-state index contributed by atoms with van der Waals surface area (Å²) < 4.78 is 13.6. The highest BCUT2D eigenvalue weighted by molar-refractivity contribution is 14.1. The minimum atomic E-state index is -0.367. The van der Waals surface area contributed by atoms with Crippen LogP contribution in [0.15, 0.2) is 36.4 Å². The number of hydrogen-bond acceptors (Lipinski definition) is 1. The summed E-state index contributed by atoms with van der Waals surface area (Å²) in [5, 5.41) is 3.75. The van der Waals surface area contributed by atoms with Crippen LogP contribution in [0.25, 0.3) is 0 Å². The lowest BCUT2D eigenvalue weighted by Crippen LogP contribution is -2.27. The Morgan fingerprint density at radius 2 is 1.90 bits per heavy atom. The Morgan fingerprint density at radius 3 is 2.52 bits per heavy atom. The molecule has 0 saturated heterocycles. The SMILES string of the molecule is CC(NC(=O)c1ccc(F)cc1I)c1ccc(Cl)c(Cl)c1. The molecule has 2 nitrogen and oxygen atoms in total. The molecule has 0 heterocycles. The lowest BCUT2D eigenvalue weighted by molar-refractivity contribution is 0.0939. The average molecular weight is 438 g/mol. The van der Waals surface area contributed by atoms with Crippen molar-refractivity contribution in [3.63, 3.8) is 0 Å². The number of rotatable bonds is 3. The number of nitrogens with one attached hydrogen (secondary N) is 1. The number of benzene rings is 2. The van der Waals surface area contributed by atoms with Crippen LogP contribution >= 0.6 is 45.8 Å². The zero-order chi connectivity index (χ0) is 15.6. The molecule has 2 rings (SSSR count). The van der Waals surface area contributed by atoms with Gasteiger partial charge in [-0.15, -0.1) is 0 Å². The summed E-state index contributed by atoms with van der Waals surface area (Å²) in [7, 11) is 0. The Labute approximate surface area is 145 Å². The number of amides is 1. The van der Waals surface area contributed by atoms with Gasteiger partial charge in [-0.05, 0) is 65.4 Å². The van der Waals surface area contributed by atoms with Gasteiger partial charge in [0.2, 0.25) is 0 Å². The van der Waals surface area contributed by atoms with E-state index in [1.807, 2.05) is 29.5 Å². The maximum Gasteiger partial charge on any atom is 0.252 e. The number of carbonyl (C=O) groups is 1. The molecule has 0 aliphatic heterocycles. The first-order valence-corrected chi connectivity index (χ1v) is 7.93. The van der Waals surface area contributed by atoms with Crippen LogP contribution in [0.2, 0.25) is 10.0 Å². The Morgan fingerprint density at radius 1 is 1.19 bits per heavy atom. The molecule has 0 fully saturated rings. The van der Waals surface area contributed by atoms with Crippen molar-refractivity contribution < 1.29 is 9.18 Å². The summed E-state index contributed by atoms with van der Waals surface area (Å²) in [6.45, 7) is 1.84. The van der Waals surface area contributed by atoms with Gasteiger partial charge in [0.25, 0.3) is 5.91 Å². The highest BCUT2D eigenvalue weighted by Gasteiger charge is 2.15. The lowest BCUT2D eigenvalue weighted by Gasteiger charge is -2.15. The molecule has 1 N–H and O–H groups in total. The van der Waals surface area contributed by atoms with E-state index < -0.39 is 0 Å². The minimum Gasteiger partial charge on any atom is -0.345 e. The Hall–Kier alpha value is -0.850. The van der Waals surface area contributed by atoms with E-state index in [0.29, 0.717) is 19.2 Å². The van der Waals surface area contributed by atoms with Crippen molar-refractivity contribution in [2.24, 2.45) is 0 Å². The normalized spacial score (nSPS) is 12.0. The molecule has 0 saturated carbocycles. The molecule has 0 aliphatic carbocycles. The van der Waals surface area contributed by atoms with E-state index in [2.05, 4.69) is 5.32 Å². The maximum atomic E-state index is 13.1. The third-order valence-electron chi connectivity index (χ3n) is 2.97. The van der Waals surface area contributed by atoms with Crippen molar-refractivity contribution >= 4 is 51.7 Å².